The Hall–Kier alpha value is -3.94. The standard InChI is InChI=1S/C24H25N5O3/c1-15-10-8-9-13-19(15)24(4)22(31)28(23(32)26-24)14-20(30)25-21-16(2)27-29(17(21)3)18-11-6-5-7-12-18/h5-13H,14H2,1-4H3,(H,25,30)(H,26,32). The zero-order chi connectivity index (χ0) is 23.0. The predicted molar refractivity (Wildman–Crippen MR) is 120 cm³/mol. The van der Waals surface area contributed by atoms with Gasteiger partial charge in [-0.2, -0.15) is 5.10 Å². The summed E-state index contributed by atoms with van der Waals surface area (Å²) in [5, 5.41) is 10.1. The Kier molecular flexibility index (Phi) is 5.30. The van der Waals surface area contributed by atoms with Gasteiger partial charge in [-0.3, -0.25) is 14.5 Å². The fourth-order valence-electron chi connectivity index (χ4n) is 4.12. The number of benzene rings is 2. The number of hydrogen-bond acceptors (Lipinski definition) is 4. The molecule has 32 heavy (non-hydrogen) atoms. The van der Waals surface area contributed by atoms with E-state index in [-0.39, 0.29) is 6.54 Å². The third-order valence-corrected chi connectivity index (χ3v) is 5.82. The molecule has 0 aliphatic carbocycles. The Morgan fingerprint density at radius 3 is 2.38 bits per heavy atom. The van der Waals surface area contributed by atoms with Crippen LogP contribution in [0.3, 0.4) is 0 Å². The van der Waals surface area contributed by atoms with E-state index >= 15 is 0 Å². The molecule has 164 valence electrons. The maximum atomic E-state index is 13.1. The molecule has 1 fully saturated rings. The lowest BCUT2D eigenvalue weighted by Crippen LogP contribution is -2.42. The van der Waals surface area contributed by atoms with E-state index in [2.05, 4.69) is 15.7 Å². The van der Waals surface area contributed by atoms with Crippen molar-refractivity contribution in [1.29, 1.82) is 0 Å². The minimum atomic E-state index is -1.22. The van der Waals surface area contributed by atoms with Crippen LogP contribution in [0.4, 0.5) is 10.5 Å². The lowest BCUT2D eigenvalue weighted by Gasteiger charge is -2.24. The first-order valence-electron chi connectivity index (χ1n) is 10.3. The molecule has 1 saturated heterocycles. The summed E-state index contributed by atoms with van der Waals surface area (Å²) >= 11 is 0. The molecule has 4 rings (SSSR count). The van der Waals surface area contributed by atoms with Crippen LogP contribution in [0.25, 0.3) is 5.69 Å². The van der Waals surface area contributed by atoms with E-state index in [9.17, 15) is 14.4 Å². The number of carbonyl (C=O) groups excluding carboxylic acids is 3. The number of nitrogens with zero attached hydrogens (tertiary/aromatic N) is 3. The number of hydrogen-bond donors (Lipinski definition) is 2. The molecule has 2 aromatic carbocycles. The van der Waals surface area contributed by atoms with Gasteiger partial charge in [0.1, 0.15) is 12.1 Å². The third-order valence-electron chi connectivity index (χ3n) is 5.82. The first-order chi connectivity index (χ1) is 15.2. The second-order valence-electron chi connectivity index (χ2n) is 8.10. The first kappa shape index (κ1) is 21.3. The summed E-state index contributed by atoms with van der Waals surface area (Å²) in [4.78, 5) is 39.5. The zero-order valence-corrected chi connectivity index (χ0v) is 18.5. The van der Waals surface area contributed by atoms with E-state index in [1.165, 1.54) is 0 Å². The van der Waals surface area contributed by atoms with Gasteiger partial charge in [0.05, 0.1) is 22.8 Å². The number of para-hydroxylation sites is 1. The Bertz CT molecular complexity index is 1220. The minimum absolute atomic E-state index is 0.387. The minimum Gasteiger partial charge on any atom is -0.321 e. The van der Waals surface area contributed by atoms with Crippen molar-refractivity contribution < 1.29 is 14.4 Å². The maximum Gasteiger partial charge on any atom is 0.325 e. The smallest absolute Gasteiger partial charge is 0.321 e. The largest absolute Gasteiger partial charge is 0.325 e. The van der Waals surface area contributed by atoms with Gasteiger partial charge >= 0.3 is 6.03 Å². The van der Waals surface area contributed by atoms with Crippen LogP contribution in [0.2, 0.25) is 0 Å². The molecule has 0 radical (unpaired) electrons. The molecule has 0 saturated carbocycles. The van der Waals surface area contributed by atoms with Crippen molar-refractivity contribution >= 4 is 23.5 Å². The zero-order valence-electron chi connectivity index (χ0n) is 18.5. The average molecular weight is 431 g/mol. The van der Waals surface area contributed by atoms with Crippen LogP contribution in [-0.4, -0.2) is 39.1 Å². The fourth-order valence-corrected chi connectivity index (χ4v) is 4.12. The number of rotatable bonds is 5. The van der Waals surface area contributed by atoms with E-state index in [4.69, 9.17) is 0 Å². The summed E-state index contributed by atoms with van der Waals surface area (Å²) in [5.41, 5.74) is 3.20. The highest BCUT2D eigenvalue weighted by atomic mass is 16.2. The lowest BCUT2D eigenvalue weighted by molar-refractivity contribution is -0.133. The Morgan fingerprint density at radius 1 is 1.03 bits per heavy atom. The number of nitrogens with one attached hydrogen (secondary N) is 2. The molecule has 1 aromatic heterocycles. The van der Waals surface area contributed by atoms with Crippen LogP contribution in [0.5, 0.6) is 0 Å². The maximum absolute atomic E-state index is 13.1. The van der Waals surface area contributed by atoms with Gasteiger partial charge in [-0.1, -0.05) is 42.5 Å². The molecule has 2 heterocycles. The lowest BCUT2D eigenvalue weighted by atomic mass is 9.88. The molecule has 1 aliphatic rings. The van der Waals surface area contributed by atoms with Crippen molar-refractivity contribution in [1.82, 2.24) is 20.0 Å². The van der Waals surface area contributed by atoms with Crippen LogP contribution in [-0.2, 0) is 15.1 Å². The highest BCUT2D eigenvalue weighted by molar-refractivity contribution is 6.10. The van der Waals surface area contributed by atoms with Gasteiger partial charge in [0, 0.05) is 0 Å². The summed E-state index contributed by atoms with van der Waals surface area (Å²) in [6.07, 6.45) is 0. The molecule has 0 spiro atoms. The third kappa shape index (κ3) is 3.53. The number of anilines is 1. The second kappa shape index (κ2) is 7.96. The van der Waals surface area contributed by atoms with Crippen molar-refractivity contribution in [3.8, 4) is 5.69 Å². The van der Waals surface area contributed by atoms with Crippen molar-refractivity contribution in [2.24, 2.45) is 0 Å². The Morgan fingerprint density at radius 2 is 1.69 bits per heavy atom. The first-order valence-corrected chi connectivity index (χ1v) is 10.3. The molecule has 8 nitrogen and oxygen atoms in total. The van der Waals surface area contributed by atoms with Crippen molar-refractivity contribution in [3.63, 3.8) is 0 Å². The summed E-state index contributed by atoms with van der Waals surface area (Å²) < 4.78 is 1.74. The molecule has 3 aromatic rings. The second-order valence-corrected chi connectivity index (χ2v) is 8.10. The highest BCUT2D eigenvalue weighted by Crippen LogP contribution is 2.31. The van der Waals surface area contributed by atoms with Gasteiger partial charge in [0.25, 0.3) is 5.91 Å². The molecule has 1 aliphatic heterocycles. The quantitative estimate of drug-likeness (QED) is 0.607. The van der Waals surface area contributed by atoms with Gasteiger partial charge in [0.15, 0.2) is 0 Å². The topological polar surface area (TPSA) is 96.3 Å². The van der Waals surface area contributed by atoms with E-state index in [1.54, 1.807) is 18.5 Å². The number of amides is 4. The monoisotopic (exact) mass is 431 g/mol. The van der Waals surface area contributed by atoms with Gasteiger partial charge in [0.2, 0.25) is 5.91 Å². The van der Waals surface area contributed by atoms with Crippen molar-refractivity contribution in [2.45, 2.75) is 33.2 Å². The van der Waals surface area contributed by atoms with Crippen LogP contribution in [0.15, 0.2) is 54.6 Å². The molecule has 4 amide bonds. The SMILES string of the molecule is Cc1ccccc1C1(C)NC(=O)N(CC(=O)Nc2c(C)nn(-c3ccccc3)c2C)C1=O. The van der Waals surface area contributed by atoms with E-state index in [1.807, 2.05) is 68.4 Å². The van der Waals surface area contributed by atoms with Crippen LogP contribution in [0.1, 0.15) is 29.4 Å². The summed E-state index contributed by atoms with van der Waals surface area (Å²) in [5.74, 6) is -0.929. The summed E-state index contributed by atoms with van der Waals surface area (Å²) in [6.45, 7) is 6.80. The normalized spacial score (nSPS) is 18.1. The van der Waals surface area contributed by atoms with E-state index in [0.717, 1.165) is 21.8 Å². The summed E-state index contributed by atoms with van der Waals surface area (Å²) in [7, 11) is 0. The van der Waals surface area contributed by atoms with Crippen molar-refractivity contribution in [3.05, 3.63) is 77.1 Å². The molecular formula is C24H25N5O3. The fraction of sp³-hybridized carbons (Fsp3) is 0.250. The highest BCUT2D eigenvalue weighted by Gasteiger charge is 2.50. The summed E-state index contributed by atoms with van der Waals surface area (Å²) in [6, 6.07) is 16.4. The van der Waals surface area contributed by atoms with Gasteiger partial charge in [-0.05, 0) is 51.0 Å². The molecule has 2 N–H and O–H groups in total. The molecule has 1 unspecified atom stereocenters. The Balaban J connectivity index is 1.53. The van der Waals surface area contributed by atoms with Crippen LogP contribution >= 0.6 is 0 Å². The number of aromatic nitrogens is 2. The molecule has 1 atom stereocenters. The van der Waals surface area contributed by atoms with Crippen molar-refractivity contribution in [2.75, 3.05) is 11.9 Å². The number of urea groups is 1. The number of imide groups is 1. The molecule has 8 heteroatoms. The van der Waals surface area contributed by atoms with Gasteiger partial charge in [-0.25, -0.2) is 9.48 Å². The predicted octanol–water partition coefficient (Wildman–Crippen LogP) is 3.20. The van der Waals surface area contributed by atoms with Gasteiger partial charge in [-0.15, -0.1) is 0 Å². The Labute approximate surface area is 186 Å². The van der Waals surface area contributed by atoms with Crippen LogP contribution < -0.4 is 10.6 Å². The van der Waals surface area contributed by atoms with Gasteiger partial charge < -0.3 is 10.6 Å². The average Bonchev–Trinajstić information content (AvgIpc) is 3.17. The van der Waals surface area contributed by atoms with Crippen LogP contribution in [0, 0.1) is 20.8 Å². The molecule has 0 bridgehead atoms. The molecular weight excluding hydrogens is 406 g/mol. The van der Waals surface area contributed by atoms with E-state index in [0.29, 0.717) is 16.9 Å². The number of aryl methyl sites for hydroxylation is 2. The van der Waals surface area contributed by atoms with E-state index < -0.39 is 23.4 Å². The number of carbonyl (C=O) groups is 3.